The Kier molecular flexibility index (Phi) is 3.66. The van der Waals surface area contributed by atoms with Crippen molar-refractivity contribution in [2.24, 2.45) is 15.4 Å². The second-order valence-corrected chi connectivity index (χ2v) is 4.30. The van der Waals surface area contributed by atoms with E-state index in [1.54, 1.807) is 30.3 Å². The first-order valence-electron chi connectivity index (χ1n) is 5.82. The normalized spacial score (nSPS) is 10.8. The molecule has 2 N–H and O–H groups in total. The molecule has 0 saturated heterocycles. The number of nitrogens with two attached hydrogens (primary N) is 1. The summed E-state index contributed by atoms with van der Waals surface area (Å²) in [6.45, 7) is 3.73. The molecule has 19 heavy (non-hydrogen) atoms. The first kappa shape index (κ1) is 12.9. The number of hydrogen-bond acceptors (Lipinski definition) is 5. The number of aryl methyl sites for hydroxylation is 2. The minimum Gasteiger partial charge on any atom is -0.399 e. The van der Waals surface area contributed by atoms with E-state index in [2.05, 4.69) is 15.4 Å². The zero-order valence-electron chi connectivity index (χ0n) is 10.8. The van der Waals surface area contributed by atoms with Crippen LogP contribution in [0.15, 0.2) is 51.8 Å². The molecule has 0 unspecified atom stereocenters. The molecule has 0 aromatic heterocycles. The van der Waals surface area contributed by atoms with Crippen LogP contribution in [0, 0.1) is 18.8 Å². The number of nitrogen functional groups attached to an aromatic ring is 1. The van der Waals surface area contributed by atoms with Crippen LogP contribution in [0.25, 0.3) is 0 Å². The van der Waals surface area contributed by atoms with Crippen molar-refractivity contribution < 1.29 is 0 Å². The summed E-state index contributed by atoms with van der Waals surface area (Å²) in [5, 5.41) is 11.2. The Balaban J connectivity index is 2.24. The van der Waals surface area contributed by atoms with Crippen LogP contribution in [0.1, 0.15) is 11.1 Å². The van der Waals surface area contributed by atoms with Gasteiger partial charge in [0.05, 0.1) is 11.4 Å². The molecule has 0 bridgehead atoms. The van der Waals surface area contributed by atoms with Crippen LogP contribution in [0.3, 0.4) is 0 Å². The van der Waals surface area contributed by atoms with Gasteiger partial charge < -0.3 is 5.73 Å². The van der Waals surface area contributed by atoms with Gasteiger partial charge in [-0.2, -0.15) is 10.2 Å². The molecule has 2 aromatic rings. The lowest BCUT2D eigenvalue weighted by Crippen LogP contribution is -1.86. The van der Waals surface area contributed by atoms with Crippen molar-refractivity contribution >= 4 is 22.7 Å². The van der Waals surface area contributed by atoms with Crippen molar-refractivity contribution in [3.63, 3.8) is 0 Å². The fraction of sp³-hybridized carbons (Fsp3) is 0.143. The third-order valence-corrected chi connectivity index (χ3v) is 2.81. The molecule has 0 aliphatic rings. The SMILES string of the molecule is Cc1cc(N=Nc2ccc(N=O)c(C)c2)ccc1N. The highest BCUT2D eigenvalue weighted by Gasteiger charge is 1.99. The predicted molar refractivity (Wildman–Crippen MR) is 76.4 cm³/mol. The van der Waals surface area contributed by atoms with E-state index in [1.165, 1.54) is 0 Å². The average molecular weight is 254 g/mol. The molecule has 5 nitrogen and oxygen atoms in total. The van der Waals surface area contributed by atoms with Crippen molar-refractivity contribution in [3.05, 3.63) is 52.4 Å². The third-order valence-electron chi connectivity index (χ3n) is 2.81. The van der Waals surface area contributed by atoms with Crippen LogP contribution in [-0.4, -0.2) is 0 Å². The first-order chi connectivity index (χ1) is 9.10. The summed E-state index contributed by atoms with van der Waals surface area (Å²) in [5.74, 6) is 0. The van der Waals surface area contributed by atoms with Gasteiger partial charge in [-0.1, -0.05) is 0 Å². The molecule has 2 aromatic carbocycles. The lowest BCUT2D eigenvalue weighted by atomic mass is 10.2. The van der Waals surface area contributed by atoms with Crippen molar-refractivity contribution in [2.45, 2.75) is 13.8 Å². The molecular formula is C14H14N4O. The van der Waals surface area contributed by atoms with E-state index in [0.29, 0.717) is 11.4 Å². The van der Waals surface area contributed by atoms with Gasteiger partial charge in [0.25, 0.3) is 0 Å². The molecule has 0 fully saturated rings. The second-order valence-electron chi connectivity index (χ2n) is 4.30. The Morgan fingerprint density at radius 2 is 1.47 bits per heavy atom. The minimum absolute atomic E-state index is 0.419. The number of nitroso groups, excluding NO2 is 1. The molecule has 0 heterocycles. The van der Waals surface area contributed by atoms with Gasteiger partial charge in [-0.05, 0) is 66.5 Å². The van der Waals surface area contributed by atoms with Gasteiger partial charge in [0.2, 0.25) is 0 Å². The van der Waals surface area contributed by atoms with Crippen LogP contribution in [-0.2, 0) is 0 Å². The number of rotatable bonds is 3. The molecule has 0 saturated carbocycles. The van der Waals surface area contributed by atoms with E-state index in [-0.39, 0.29) is 0 Å². The maximum Gasteiger partial charge on any atom is 0.111 e. The van der Waals surface area contributed by atoms with Crippen molar-refractivity contribution in [1.29, 1.82) is 0 Å². The largest absolute Gasteiger partial charge is 0.399 e. The smallest absolute Gasteiger partial charge is 0.111 e. The molecule has 0 atom stereocenters. The molecule has 96 valence electrons. The number of nitrogens with zero attached hydrogens (tertiary/aromatic N) is 3. The van der Waals surface area contributed by atoms with Gasteiger partial charge >= 0.3 is 0 Å². The second kappa shape index (κ2) is 5.39. The highest BCUT2D eigenvalue weighted by Crippen LogP contribution is 2.26. The Hall–Kier alpha value is -2.56. The van der Waals surface area contributed by atoms with Crippen LogP contribution in [0.5, 0.6) is 0 Å². The van der Waals surface area contributed by atoms with E-state index >= 15 is 0 Å². The molecule has 0 amide bonds. The maximum atomic E-state index is 10.5. The lowest BCUT2D eigenvalue weighted by molar-refractivity contribution is 1.22. The topological polar surface area (TPSA) is 80.2 Å². The highest BCUT2D eigenvalue weighted by atomic mass is 16.3. The molecule has 5 heteroatoms. The zero-order valence-corrected chi connectivity index (χ0v) is 10.8. The molecular weight excluding hydrogens is 240 g/mol. The third kappa shape index (κ3) is 3.01. The van der Waals surface area contributed by atoms with Gasteiger partial charge in [-0.15, -0.1) is 4.91 Å². The van der Waals surface area contributed by atoms with Gasteiger partial charge in [-0.25, -0.2) is 0 Å². The van der Waals surface area contributed by atoms with Gasteiger partial charge in [0, 0.05) is 5.69 Å². The Morgan fingerprint density at radius 3 is 2.00 bits per heavy atom. The van der Waals surface area contributed by atoms with Crippen LogP contribution in [0.2, 0.25) is 0 Å². The lowest BCUT2D eigenvalue weighted by Gasteiger charge is -2.00. The van der Waals surface area contributed by atoms with Crippen molar-refractivity contribution in [2.75, 3.05) is 5.73 Å². The van der Waals surface area contributed by atoms with E-state index < -0.39 is 0 Å². The predicted octanol–water partition coefficient (Wildman–Crippen LogP) is 4.70. The number of azo groups is 1. The summed E-state index contributed by atoms with van der Waals surface area (Å²) in [6, 6.07) is 10.6. The summed E-state index contributed by atoms with van der Waals surface area (Å²) in [4.78, 5) is 10.5. The van der Waals surface area contributed by atoms with E-state index in [9.17, 15) is 4.91 Å². The molecule has 0 aliphatic carbocycles. The zero-order chi connectivity index (χ0) is 13.8. The summed E-state index contributed by atoms with van der Waals surface area (Å²) in [7, 11) is 0. The first-order valence-corrected chi connectivity index (χ1v) is 5.82. The number of anilines is 1. The molecule has 0 aliphatic heterocycles. The van der Waals surface area contributed by atoms with Gasteiger partial charge in [0.15, 0.2) is 0 Å². The van der Waals surface area contributed by atoms with Gasteiger partial charge in [-0.3, -0.25) is 0 Å². The molecule has 0 radical (unpaired) electrons. The average Bonchev–Trinajstić information content (AvgIpc) is 2.40. The Labute approximate surface area is 111 Å². The highest BCUT2D eigenvalue weighted by molar-refractivity contribution is 5.55. The quantitative estimate of drug-likeness (QED) is 0.489. The summed E-state index contributed by atoms with van der Waals surface area (Å²) in [6.07, 6.45) is 0. The van der Waals surface area contributed by atoms with E-state index in [4.69, 9.17) is 5.73 Å². The van der Waals surface area contributed by atoms with E-state index in [1.807, 2.05) is 19.9 Å². The number of benzene rings is 2. The molecule has 0 spiro atoms. The van der Waals surface area contributed by atoms with E-state index in [0.717, 1.165) is 22.5 Å². The Morgan fingerprint density at radius 1 is 0.895 bits per heavy atom. The van der Waals surface area contributed by atoms with Crippen molar-refractivity contribution in [3.8, 4) is 0 Å². The maximum absolute atomic E-state index is 10.5. The summed E-state index contributed by atoms with van der Waals surface area (Å²) < 4.78 is 0. The minimum atomic E-state index is 0.419. The Bertz CT molecular complexity index is 650. The van der Waals surface area contributed by atoms with Gasteiger partial charge in [0.1, 0.15) is 5.69 Å². The monoisotopic (exact) mass is 254 g/mol. The summed E-state index contributed by atoms with van der Waals surface area (Å²) >= 11 is 0. The fourth-order valence-electron chi connectivity index (χ4n) is 1.64. The summed E-state index contributed by atoms with van der Waals surface area (Å²) in [5.41, 5.74) is 10.0. The van der Waals surface area contributed by atoms with Crippen LogP contribution in [0.4, 0.5) is 22.7 Å². The standard InChI is InChI=1S/C14H14N4O/c1-9-7-11(3-5-13(9)15)16-17-12-4-6-14(18-19)10(2)8-12/h3-8H,15H2,1-2H3. The van der Waals surface area contributed by atoms with Crippen LogP contribution < -0.4 is 5.73 Å². The van der Waals surface area contributed by atoms with Crippen LogP contribution >= 0.6 is 0 Å². The number of hydrogen-bond donors (Lipinski definition) is 1. The fourth-order valence-corrected chi connectivity index (χ4v) is 1.64. The molecule has 2 rings (SSSR count). The van der Waals surface area contributed by atoms with Crippen molar-refractivity contribution in [1.82, 2.24) is 0 Å².